The van der Waals surface area contributed by atoms with Crippen molar-refractivity contribution in [3.8, 4) is 11.3 Å². The maximum atomic E-state index is 13.4. The summed E-state index contributed by atoms with van der Waals surface area (Å²) in [5.41, 5.74) is 6.15. The van der Waals surface area contributed by atoms with Gasteiger partial charge in [0.05, 0.1) is 28.9 Å². The van der Waals surface area contributed by atoms with Gasteiger partial charge in [-0.15, -0.1) is 0 Å². The minimum atomic E-state index is -0.356. The van der Waals surface area contributed by atoms with Crippen molar-refractivity contribution < 1.29 is 14.3 Å². The molecule has 172 valence electrons. The number of nitrogens with zero attached hydrogens (tertiary/aromatic N) is 1. The molecule has 4 aromatic rings. The Kier molecular flexibility index (Phi) is 7.02. The van der Waals surface area contributed by atoms with Crippen LogP contribution < -0.4 is 5.32 Å². The Morgan fingerprint density at radius 2 is 1.62 bits per heavy atom. The average molecular weight is 453 g/mol. The van der Waals surface area contributed by atoms with Crippen molar-refractivity contribution >= 4 is 28.5 Å². The number of nitrogens with one attached hydrogen (secondary N) is 1. The number of carbonyl (C=O) groups excluding carboxylic acids is 2. The van der Waals surface area contributed by atoms with Crippen LogP contribution in [-0.2, 0) is 4.74 Å². The fourth-order valence-electron chi connectivity index (χ4n) is 3.87. The zero-order chi connectivity index (χ0) is 24.1. The number of hydrogen-bond acceptors (Lipinski definition) is 4. The Bertz CT molecular complexity index is 1330. The second kappa shape index (κ2) is 10.3. The number of carbonyl (C=O) groups is 2. The molecule has 0 saturated heterocycles. The van der Waals surface area contributed by atoms with Crippen molar-refractivity contribution in [3.63, 3.8) is 0 Å². The highest BCUT2D eigenvalue weighted by Gasteiger charge is 2.19. The fraction of sp³-hybridized carbons (Fsp3) is 0.207. The van der Waals surface area contributed by atoms with E-state index in [9.17, 15) is 9.59 Å². The third-order valence-corrected chi connectivity index (χ3v) is 5.80. The number of anilines is 1. The highest BCUT2D eigenvalue weighted by Crippen LogP contribution is 2.30. The number of unbranched alkanes of at least 4 members (excludes halogenated alkanes) is 1. The summed E-state index contributed by atoms with van der Waals surface area (Å²) in [6, 6.07) is 22.6. The van der Waals surface area contributed by atoms with E-state index in [2.05, 4.69) is 5.32 Å². The summed E-state index contributed by atoms with van der Waals surface area (Å²) in [7, 11) is 0. The predicted octanol–water partition coefficient (Wildman–Crippen LogP) is 6.73. The number of para-hydroxylation sites is 1. The number of esters is 1. The first-order chi connectivity index (χ1) is 16.5. The lowest BCUT2D eigenvalue weighted by molar-refractivity contribution is 0.0499. The molecule has 1 aromatic heterocycles. The molecule has 4 rings (SSSR count). The van der Waals surface area contributed by atoms with Crippen molar-refractivity contribution in [2.45, 2.75) is 33.6 Å². The molecule has 1 N–H and O–H groups in total. The number of ether oxygens (including phenoxy) is 1. The highest BCUT2D eigenvalue weighted by molar-refractivity contribution is 6.14. The van der Waals surface area contributed by atoms with E-state index in [1.807, 2.05) is 69.3 Å². The minimum Gasteiger partial charge on any atom is -0.462 e. The van der Waals surface area contributed by atoms with Crippen LogP contribution in [0.3, 0.4) is 0 Å². The molecule has 0 aliphatic heterocycles. The maximum absolute atomic E-state index is 13.4. The first kappa shape index (κ1) is 23.2. The van der Waals surface area contributed by atoms with E-state index in [1.165, 1.54) is 0 Å². The number of amides is 1. The van der Waals surface area contributed by atoms with Gasteiger partial charge in [0.2, 0.25) is 0 Å². The molecule has 0 aliphatic carbocycles. The molecule has 3 aromatic carbocycles. The number of hydrogen-bond donors (Lipinski definition) is 1. The molecule has 5 heteroatoms. The summed E-state index contributed by atoms with van der Waals surface area (Å²) in [6.07, 6.45) is 1.80. The predicted molar refractivity (Wildman–Crippen MR) is 136 cm³/mol. The van der Waals surface area contributed by atoms with Crippen LogP contribution in [0.15, 0.2) is 72.8 Å². The summed E-state index contributed by atoms with van der Waals surface area (Å²) >= 11 is 0. The molecular formula is C29H28N2O3. The molecule has 0 spiro atoms. The summed E-state index contributed by atoms with van der Waals surface area (Å²) in [5.74, 6) is -0.576. The van der Waals surface area contributed by atoms with Crippen LogP contribution in [0, 0.1) is 13.8 Å². The molecule has 0 saturated carbocycles. The Balaban J connectivity index is 1.64. The molecule has 1 heterocycles. The van der Waals surface area contributed by atoms with Crippen molar-refractivity contribution in [2.24, 2.45) is 0 Å². The second-order valence-corrected chi connectivity index (χ2v) is 8.36. The molecule has 0 radical (unpaired) electrons. The molecule has 0 aliphatic rings. The summed E-state index contributed by atoms with van der Waals surface area (Å²) in [4.78, 5) is 30.4. The maximum Gasteiger partial charge on any atom is 0.338 e. The van der Waals surface area contributed by atoms with E-state index < -0.39 is 0 Å². The Hall–Kier alpha value is -3.99. The Labute approximate surface area is 199 Å². The van der Waals surface area contributed by atoms with E-state index in [1.54, 1.807) is 24.3 Å². The van der Waals surface area contributed by atoms with Crippen molar-refractivity contribution in [3.05, 3.63) is 95.1 Å². The van der Waals surface area contributed by atoms with E-state index >= 15 is 0 Å². The van der Waals surface area contributed by atoms with Crippen molar-refractivity contribution in [1.29, 1.82) is 0 Å². The van der Waals surface area contributed by atoms with Gasteiger partial charge in [0.15, 0.2) is 0 Å². The molecule has 34 heavy (non-hydrogen) atoms. The standard InChI is InChI=1S/C29H28N2O3/c1-4-5-18-34-29(33)22-14-16-23(17-15-22)30-28(32)26-20(3)27(21-12-10-19(2)11-13-21)31-25-9-7-6-8-24(25)26/h6-17H,4-5,18H2,1-3H3,(H,30,32). The molecule has 0 bridgehead atoms. The fourth-order valence-corrected chi connectivity index (χ4v) is 3.87. The van der Waals surface area contributed by atoms with Gasteiger partial charge in [0.25, 0.3) is 5.91 Å². The van der Waals surface area contributed by atoms with Gasteiger partial charge in [-0.25, -0.2) is 9.78 Å². The monoisotopic (exact) mass is 452 g/mol. The van der Waals surface area contributed by atoms with Crippen molar-refractivity contribution in [2.75, 3.05) is 11.9 Å². The average Bonchev–Trinajstić information content (AvgIpc) is 2.84. The third kappa shape index (κ3) is 4.99. The summed E-state index contributed by atoms with van der Waals surface area (Å²) in [6.45, 7) is 6.42. The van der Waals surface area contributed by atoms with Gasteiger partial charge in [-0.3, -0.25) is 4.79 Å². The van der Waals surface area contributed by atoms with E-state index in [-0.39, 0.29) is 11.9 Å². The van der Waals surface area contributed by atoms with Crippen LogP contribution in [-0.4, -0.2) is 23.5 Å². The number of aromatic nitrogens is 1. The number of benzene rings is 3. The zero-order valence-corrected chi connectivity index (χ0v) is 19.7. The van der Waals surface area contributed by atoms with Gasteiger partial charge >= 0.3 is 5.97 Å². The smallest absolute Gasteiger partial charge is 0.338 e. The third-order valence-electron chi connectivity index (χ3n) is 5.80. The highest BCUT2D eigenvalue weighted by atomic mass is 16.5. The van der Waals surface area contributed by atoms with E-state index in [4.69, 9.17) is 9.72 Å². The van der Waals surface area contributed by atoms with Gasteiger partial charge in [-0.2, -0.15) is 0 Å². The van der Waals surface area contributed by atoms with Crippen LogP contribution in [0.5, 0.6) is 0 Å². The van der Waals surface area contributed by atoms with Crippen LogP contribution in [0.4, 0.5) is 5.69 Å². The van der Waals surface area contributed by atoms with Gasteiger partial charge in [-0.05, 0) is 56.2 Å². The molecule has 5 nitrogen and oxygen atoms in total. The summed E-state index contributed by atoms with van der Waals surface area (Å²) in [5, 5.41) is 3.77. The number of rotatable bonds is 7. The first-order valence-electron chi connectivity index (χ1n) is 11.5. The van der Waals surface area contributed by atoms with Crippen molar-refractivity contribution in [1.82, 2.24) is 4.98 Å². The zero-order valence-electron chi connectivity index (χ0n) is 19.7. The van der Waals surface area contributed by atoms with Crippen LogP contribution >= 0.6 is 0 Å². The molecule has 0 unspecified atom stereocenters. The number of fused-ring (bicyclic) bond motifs is 1. The lowest BCUT2D eigenvalue weighted by Gasteiger charge is -2.15. The SMILES string of the molecule is CCCCOC(=O)c1ccc(NC(=O)c2c(C)c(-c3ccc(C)cc3)nc3ccccc23)cc1. The van der Waals surface area contributed by atoms with Crippen LogP contribution in [0.25, 0.3) is 22.2 Å². The Morgan fingerprint density at radius 1 is 0.912 bits per heavy atom. The number of aryl methyl sites for hydroxylation is 1. The summed E-state index contributed by atoms with van der Waals surface area (Å²) < 4.78 is 5.25. The second-order valence-electron chi connectivity index (χ2n) is 8.36. The van der Waals surface area contributed by atoms with Gasteiger partial charge in [-0.1, -0.05) is 61.4 Å². The first-order valence-corrected chi connectivity index (χ1v) is 11.5. The lowest BCUT2D eigenvalue weighted by atomic mass is 9.96. The van der Waals surface area contributed by atoms with E-state index in [0.717, 1.165) is 46.1 Å². The van der Waals surface area contributed by atoms with Crippen LogP contribution in [0.2, 0.25) is 0 Å². The van der Waals surface area contributed by atoms with Gasteiger partial charge < -0.3 is 10.1 Å². The number of pyridine rings is 1. The van der Waals surface area contributed by atoms with Gasteiger partial charge in [0.1, 0.15) is 0 Å². The van der Waals surface area contributed by atoms with Crippen LogP contribution in [0.1, 0.15) is 51.6 Å². The topological polar surface area (TPSA) is 68.3 Å². The van der Waals surface area contributed by atoms with E-state index in [0.29, 0.717) is 23.4 Å². The lowest BCUT2D eigenvalue weighted by Crippen LogP contribution is -2.15. The molecule has 0 fully saturated rings. The Morgan fingerprint density at radius 3 is 2.32 bits per heavy atom. The molecule has 1 amide bonds. The van der Waals surface area contributed by atoms with Gasteiger partial charge in [0, 0.05) is 16.6 Å². The largest absolute Gasteiger partial charge is 0.462 e. The normalized spacial score (nSPS) is 10.8. The molecule has 0 atom stereocenters. The molecular weight excluding hydrogens is 424 g/mol. The minimum absolute atomic E-state index is 0.220. The quantitative estimate of drug-likeness (QED) is 0.249.